The monoisotopic (exact) mass is 391 g/mol. The number of esters is 5. The summed E-state index contributed by atoms with van der Waals surface area (Å²) in [7, 11) is 0. The molecule has 154 valence electrons. The molecule has 4 atom stereocenters. The fourth-order valence-corrected chi connectivity index (χ4v) is 2.16. The molecule has 0 heterocycles. The predicted octanol–water partition coefficient (Wildman–Crippen LogP) is -0.765. The average molecular weight is 391 g/mol. The van der Waals surface area contributed by atoms with Gasteiger partial charge in [-0.25, -0.2) is 0 Å². The van der Waals surface area contributed by atoms with E-state index >= 15 is 0 Å². The van der Waals surface area contributed by atoms with Crippen molar-refractivity contribution in [1.29, 1.82) is 0 Å². The van der Waals surface area contributed by atoms with E-state index in [-0.39, 0.29) is 6.54 Å². The van der Waals surface area contributed by atoms with Crippen LogP contribution in [0.15, 0.2) is 0 Å². The van der Waals surface area contributed by atoms with Crippen molar-refractivity contribution in [1.82, 2.24) is 0 Å². The van der Waals surface area contributed by atoms with Crippen LogP contribution in [-0.4, -0.2) is 67.4 Å². The van der Waals surface area contributed by atoms with Crippen LogP contribution in [-0.2, 0) is 47.7 Å². The van der Waals surface area contributed by atoms with Gasteiger partial charge in [-0.05, 0) is 0 Å². The number of ether oxygens (including phenoxy) is 5. The molecule has 0 spiro atoms. The summed E-state index contributed by atoms with van der Waals surface area (Å²) in [5.74, 6) is -3.79. The van der Waals surface area contributed by atoms with Gasteiger partial charge in [-0.15, -0.1) is 0 Å². The minimum atomic E-state index is -1.46. The van der Waals surface area contributed by atoms with Crippen LogP contribution in [0.25, 0.3) is 0 Å². The van der Waals surface area contributed by atoms with Gasteiger partial charge < -0.3 is 29.4 Å². The molecule has 27 heavy (non-hydrogen) atoms. The van der Waals surface area contributed by atoms with Gasteiger partial charge in [0.2, 0.25) is 0 Å². The SMILES string of the molecule is CC(=O)OCC(OC(C)=O)C(OC(C)=O)C(OC(C)=O)C(CN)OC(C)=O. The summed E-state index contributed by atoms with van der Waals surface area (Å²) in [6.07, 6.45) is -5.43. The maximum Gasteiger partial charge on any atom is 0.303 e. The van der Waals surface area contributed by atoms with E-state index in [1.54, 1.807) is 0 Å². The van der Waals surface area contributed by atoms with Crippen molar-refractivity contribution in [2.75, 3.05) is 13.2 Å². The molecule has 0 aliphatic rings. The molecule has 0 rings (SSSR count). The van der Waals surface area contributed by atoms with Crippen molar-refractivity contribution >= 4 is 29.8 Å². The Hall–Kier alpha value is -2.69. The molecule has 4 unspecified atom stereocenters. The Labute approximate surface area is 156 Å². The smallest absolute Gasteiger partial charge is 0.303 e. The van der Waals surface area contributed by atoms with Crippen LogP contribution >= 0.6 is 0 Å². The maximum atomic E-state index is 11.6. The molecule has 11 nitrogen and oxygen atoms in total. The van der Waals surface area contributed by atoms with Gasteiger partial charge in [-0.1, -0.05) is 0 Å². The van der Waals surface area contributed by atoms with E-state index < -0.39 is 60.9 Å². The molecule has 0 fully saturated rings. The molecule has 2 N–H and O–H groups in total. The number of nitrogens with two attached hydrogens (primary N) is 1. The van der Waals surface area contributed by atoms with Gasteiger partial charge in [0.1, 0.15) is 6.61 Å². The topological polar surface area (TPSA) is 158 Å². The van der Waals surface area contributed by atoms with Crippen molar-refractivity contribution in [3.8, 4) is 0 Å². The van der Waals surface area contributed by atoms with E-state index in [0.29, 0.717) is 0 Å². The van der Waals surface area contributed by atoms with Gasteiger partial charge in [0.15, 0.2) is 24.4 Å². The second kappa shape index (κ2) is 11.8. The third kappa shape index (κ3) is 10.1. The lowest BCUT2D eigenvalue weighted by molar-refractivity contribution is -0.201. The van der Waals surface area contributed by atoms with Crippen LogP contribution in [0.2, 0.25) is 0 Å². The number of carbonyl (C=O) groups is 5. The van der Waals surface area contributed by atoms with Crippen molar-refractivity contribution in [2.45, 2.75) is 59.0 Å². The Bertz CT molecular complexity index is 561. The van der Waals surface area contributed by atoms with E-state index in [1.165, 1.54) is 0 Å². The normalized spacial score (nSPS) is 14.7. The minimum Gasteiger partial charge on any atom is -0.462 e. The summed E-state index contributed by atoms with van der Waals surface area (Å²) in [6, 6.07) is 0. The fourth-order valence-electron chi connectivity index (χ4n) is 2.16. The first kappa shape index (κ1) is 24.3. The highest BCUT2D eigenvalue weighted by Crippen LogP contribution is 2.19. The van der Waals surface area contributed by atoms with Crippen LogP contribution in [0.4, 0.5) is 0 Å². The van der Waals surface area contributed by atoms with E-state index in [9.17, 15) is 24.0 Å². The molecule has 0 aromatic rings. The third-order valence-electron chi connectivity index (χ3n) is 2.98. The molecule has 0 bridgehead atoms. The fraction of sp³-hybridized carbons (Fsp3) is 0.688. The third-order valence-corrected chi connectivity index (χ3v) is 2.98. The zero-order valence-corrected chi connectivity index (χ0v) is 15.9. The molecule has 0 aromatic carbocycles. The first-order chi connectivity index (χ1) is 12.5. The summed E-state index contributed by atoms with van der Waals surface area (Å²) in [6.45, 7) is 4.66. The standard InChI is InChI=1S/C16H25NO10/c1-8(18)23-7-14(25-10(3)20)16(27-12(5)22)15(26-11(4)21)13(6-17)24-9(2)19/h13-16H,6-7,17H2,1-5H3. The molecule has 0 amide bonds. The van der Waals surface area contributed by atoms with Crippen LogP contribution in [0.3, 0.4) is 0 Å². The zero-order valence-electron chi connectivity index (χ0n) is 15.9. The Kier molecular flexibility index (Phi) is 10.7. The van der Waals surface area contributed by atoms with Gasteiger partial charge in [0.25, 0.3) is 0 Å². The van der Waals surface area contributed by atoms with Gasteiger partial charge in [-0.2, -0.15) is 0 Å². The molecule has 0 aromatic heterocycles. The second-order valence-corrected chi connectivity index (χ2v) is 5.48. The highest BCUT2D eigenvalue weighted by Gasteiger charge is 2.43. The van der Waals surface area contributed by atoms with E-state index in [2.05, 4.69) is 0 Å². The van der Waals surface area contributed by atoms with E-state index in [4.69, 9.17) is 29.4 Å². The van der Waals surface area contributed by atoms with Crippen molar-refractivity contribution < 1.29 is 47.7 Å². The van der Waals surface area contributed by atoms with Gasteiger partial charge >= 0.3 is 29.8 Å². The van der Waals surface area contributed by atoms with E-state index in [1.807, 2.05) is 0 Å². The van der Waals surface area contributed by atoms with Crippen molar-refractivity contribution in [3.63, 3.8) is 0 Å². The Morgan fingerprint density at radius 3 is 1.33 bits per heavy atom. The first-order valence-corrected chi connectivity index (χ1v) is 8.00. The summed E-state index contributed by atoms with van der Waals surface area (Å²) < 4.78 is 25.2. The largest absolute Gasteiger partial charge is 0.462 e. The molecule has 0 saturated carbocycles. The molecule has 0 aliphatic carbocycles. The number of rotatable bonds is 10. The van der Waals surface area contributed by atoms with Crippen molar-refractivity contribution in [2.24, 2.45) is 5.73 Å². The highest BCUT2D eigenvalue weighted by atomic mass is 16.6. The summed E-state index contributed by atoms with van der Waals surface area (Å²) in [4.78, 5) is 57.0. The molecule has 11 heteroatoms. The van der Waals surface area contributed by atoms with Crippen LogP contribution in [0.1, 0.15) is 34.6 Å². The highest BCUT2D eigenvalue weighted by molar-refractivity contribution is 5.69. The Morgan fingerprint density at radius 2 is 1.00 bits per heavy atom. The van der Waals surface area contributed by atoms with Crippen LogP contribution in [0, 0.1) is 0 Å². The molecule has 0 radical (unpaired) electrons. The van der Waals surface area contributed by atoms with Gasteiger partial charge in [0, 0.05) is 41.2 Å². The Morgan fingerprint density at radius 1 is 0.630 bits per heavy atom. The van der Waals surface area contributed by atoms with Gasteiger partial charge in [-0.3, -0.25) is 24.0 Å². The number of hydrogen-bond donors (Lipinski definition) is 1. The van der Waals surface area contributed by atoms with Crippen LogP contribution < -0.4 is 5.73 Å². The summed E-state index contributed by atoms with van der Waals surface area (Å²) in [5.41, 5.74) is 5.59. The molecular weight excluding hydrogens is 366 g/mol. The zero-order chi connectivity index (χ0) is 21.1. The molecular formula is C16H25NO10. The van der Waals surface area contributed by atoms with Gasteiger partial charge in [0.05, 0.1) is 0 Å². The quantitative estimate of drug-likeness (QED) is 0.368. The Balaban J connectivity index is 5.96. The lowest BCUT2D eigenvalue weighted by atomic mass is 10.0. The van der Waals surface area contributed by atoms with E-state index in [0.717, 1.165) is 34.6 Å². The average Bonchev–Trinajstić information content (AvgIpc) is 2.51. The maximum absolute atomic E-state index is 11.6. The molecule has 0 aliphatic heterocycles. The number of carbonyl (C=O) groups excluding carboxylic acids is 5. The predicted molar refractivity (Wildman–Crippen MR) is 87.9 cm³/mol. The lowest BCUT2D eigenvalue weighted by Crippen LogP contribution is -2.54. The summed E-state index contributed by atoms with van der Waals surface area (Å²) >= 11 is 0. The minimum absolute atomic E-state index is 0.296. The lowest BCUT2D eigenvalue weighted by Gasteiger charge is -2.34. The second-order valence-electron chi connectivity index (χ2n) is 5.48. The number of hydrogen-bond acceptors (Lipinski definition) is 11. The molecule has 0 saturated heterocycles. The first-order valence-electron chi connectivity index (χ1n) is 8.00. The van der Waals surface area contributed by atoms with Crippen molar-refractivity contribution in [3.05, 3.63) is 0 Å². The summed E-state index contributed by atoms with van der Waals surface area (Å²) in [5, 5.41) is 0. The van der Waals surface area contributed by atoms with Crippen LogP contribution in [0.5, 0.6) is 0 Å².